The van der Waals surface area contributed by atoms with Crippen LogP contribution in [0, 0.1) is 0 Å². The Balaban J connectivity index is 2.54. The zero-order valence-corrected chi connectivity index (χ0v) is 10.5. The molecule has 1 aromatic rings. The highest BCUT2D eigenvalue weighted by Gasteiger charge is 2.31. The number of rotatable bonds is 4. The number of amides is 1. The number of likely N-dealkylation sites (N-methyl/N-ethyl adjacent to an activating group) is 1. The average molecular weight is 287 g/mol. The second-order valence-corrected chi connectivity index (χ2v) is 4.62. The summed E-state index contributed by atoms with van der Waals surface area (Å²) in [6.07, 6.45) is -4.51. The maximum Gasteiger partial charge on any atom is 0.406 e. The van der Waals surface area contributed by atoms with E-state index in [1.807, 2.05) is 0 Å². The van der Waals surface area contributed by atoms with E-state index in [0.29, 0.717) is 15.6 Å². The normalized spacial score (nSPS) is 11.6. The van der Waals surface area contributed by atoms with Gasteiger partial charge in [-0.3, -0.25) is 4.79 Å². The predicted molar refractivity (Wildman–Crippen MR) is 59.1 cm³/mol. The fourth-order valence-electron chi connectivity index (χ4n) is 1.11. The first-order valence-corrected chi connectivity index (χ1v) is 6.03. The number of carbonyl (C=O) groups excluding carboxylic acids is 1. The van der Waals surface area contributed by atoms with E-state index >= 15 is 0 Å². The second kappa shape index (κ2) is 5.68. The van der Waals surface area contributed by atoms with Crippen molar-refractivity contribution in [3.05, 3.63) is 16.1 Å². The molecular formula is C9H10ClF3N2OS. The Labute approximate surface area is 105 Å². The van der Waals surface area contributed by atoms with Gasteiger partial charge in [0.2, 0.25) is 5.91 Å². The average Bonchev–Trinajstić information content (AvgIpc) is 2.62. The monoisotopic (exact) mass is 286 g/mol. The van der Waals surface area contributed by atoms with Gasteiger partial charge >= 0.3 is 6.18 Å². The molecular weight excluding hydrogens is 277 g/mol. The zero-order chi connectivity index (χ0) is 13.1. The van der Waals surface area contributed by atoms with Gasteiger partial charge in [0, 0.05) is 12.4 Å². The van der Waals surface area contributed by atoms with Gasteiger partial charge in [0.05, 0.1) is 18.0 Å². The lowest BCUT2D eigenvalue weighted by molar-refractivity contribution is -0.157. The highest BCUT2D eigenvalue weighted by Crippen LogP contribution is 2.17. The van der Waals surface area contributed by atoms with Crippen LogP contribution in [0.5, 0.6) is 0 Å². The lowest BCUT2D eigenvalue weighted by Crippen LogP contribution is -2.36. The number of nitrogens with zero attached hydrogens (tertiary/aromatic N) is 2. The Morgan fingerprint density at radius 3 is 2.71 bits per heavy atom. The molecule has 96 valence electrons. The zero-order valence-electron chi connectivity index (χ0n) is 8.92. The van der Waals surface area contributed by atoms with Crippen molar-refractivity contribution in [2.45, 2.75) is 18.5 Å². The van der Waals surface area contributed by atoms with Gasteiger partial charge in [-0.05, 0) is 0 Å². The first kappa shape index (κ1) is 14.2. The molecule has 0 N–H and O–H groups in total. The summed E-state index contributed by atoms with van der Waals surface area (Å²) in [5, 5.41) is 2.15. The minimum absolute atomic E-state index is 0.131. The molecule has 1 aromatic heterocycles. The van der Waals surface area contributed by atoms with Gasteiger partial charge in [0.1, 0.15) is 11.6 Å². The molecule has 0 aliphatic heterocycles. The van der Waals surface area contributed by atoms with Crippen LogP contribution in [0.3, 0.4) is 0 Å². The second-order valence-electron chi connectivity index (χ2n) is 3.41. The van der Waals surface area contributed by atoms with Crippen molar-refractivity contribution in [2.75, 3.05) is 13.6 Å². The number of halogens is 4. The van der Waals surface area contributed by atoms with Crippen LogP contribution < -0.4 is 0 Å². The minimum Gasteiger partial charge on any atom is -0.336 e. The molecule has 0 aliphatic rings. The molecule has 0 aromatic carbocycles. The molecule has 0 saturated heterocycles. The number of hydrogen-bond donors (Lipinski definition) is 0. The number of thiazole rings is 1. The fourth-order valence-corrected chi connectivity index (χ4v) is 2.13. The van der Waals surface area contributed by atoms with Crippen LogP contribution in [0.1, 0.15) is 10.7 Å². The first-order valence-electron chi connectivity index (χ1n) is 4.62. The highest BCUT2D eigenvalue weighted by molar-refractivity contribution is 7.09. The molecule has 1 rings (SSSR count). The highest BCUT2D eigenvalue weighted by atomic mass is 35.5. The molecule has 0 saturated carbocycles. The van der Waals surface area contributed by atoms with Crippen molar-refractivity contribution in [3.8, 4) is 0 Å². The van der Waals surface area contributed by atoms with Crippen LogP contribution in [0.25, 0.3) is 0 Å². The molecule has 1 amide bonds. The first-order chi connectivity index (χ1) is 7.81. The summed E-state index contributed by atoms with van der Waals surface area (Å²) in [5.41, 5.74) is 0.623. The standard InChI is InChI=1S/C9H10ClF3N2OS/c1-15(5-9(11,12)13)8(16)2-7-14-6(3-10)4-17-7/h4H,2-3,5H2,1H3. The third-order valence-corrected chi connectivity index (χ3v) is 3.05. The van der Waals surface area contributed by atoms with E-state index in [9.17, 15) is 18.0 Å². The van der Waals surface area contributed by atoms with Gasteiger partial charge in [-0.2, -0.15) is 13.2 Å². The van der Waals surface area contributed by atoms with Gasteiger partial charge in [0.15, 0.2) is 0 Å². The lowest BCUT2D eigenvalue weighted by atomic mass is 10.3. The van der Waals surface area contributed by atoms with Gasteiger partial charge in [-0.1, -0.05) is 0 Å². The number of hydrogen-bond acceptors (Lipinski definition) is 3. The van der Waals surface area contributed by atoms with Crippen LogP contribution in [-0.4, -0.2) is 35.6 Å². The molecule has 3 nitrogen and oxygen atoms in total. The van der Waals surface area contributed by atoms with Crippen molar-refractivity contribution in [2.24, 2.45) is 0 Å². The summed E-state index contributed by atoms with van der Waals surface area (Å²) >= 11 is 6.74. The Bertz CT molecular complexity index is 394. The Morgan fingerprint density at radius 1 is 1.59 bits per heavy atom. The quantitative estimate of drug-likeness (QED) is 0.797. The van der Waals surface area contributed by atoms with E-state index in [1.165, 1.54) is 11.3 Å². The summed E-state index contributed by atoms with van der Waals surface area (Å²) in [6.45, 7) is -1.25. The molecule has 0 fully saturated rings. The van der Waals surface area contributed by atoms with E-state index < -0.39 is 18.6 Å². The van der Waals surface area contributed by atoms with Crippen LogP contribution >= 0.6 is 22.9 Å². The van der Waals surface area contributed by atoms with E-state index in [2.05, 4.69) is 4.98 Å². The minimum atomic E-state index is -4.38. The number of carbonyl (C=O) groups is 1. The van der Waals surface area contributed by atoms with Crippen molar-refractivity contribution in [1.29, 1.82) is 0 Å². The largest absolute Gasteiger partial charge is 0.406 e. The molecule has 0 aliphatic carbocycles. The number of alkyl halides is 4. The van der Waals surface area contributed by atoms with Crippen LogP contribution in [0.4, 0.5) is 13.2 Å². The summed E-state index contributed by atoms with van der Waals surface area (Å²) in [6, 6.07) is 0. The van der Waals surface area contributed by atoms with E-state index in [1.54, 1.807) is 5.38 Å². The fraction of sp³-hybridized carbons (Fsp3) is 0.556. The lowest BCUT2D eigenvalue weighted by Gasteiger charge is -2.18. The van der Waals surface area contributed by atoms with Crippen LogP contribution in [-0.2, 0) is 17.1 Å². The molecule has 1 heterocycles. The SMILES string of the molecule is CN(CC(F)(F)F)C(=O)Cc1nc(CCl)cs1. The van der Waals surface area contributed by atoms with Crippen LogP contribution in [0.2, 0.25) is 0 Å². The van der Waals surface area contributed by atoms with Crippen molar-refractivity contribution in [1.82, 2.24) is 9.88 Å². The summed E-state index contributed by atoms with van der Waals surface area (Å²) in [4.78, 5) is 16.1. The molecule has 0 bridgehead atoms. The molecule has 0 atom stereocenters. The summed E-state index contributed by atoms with van der Waals surface area (Å²) in [7, 11) is 1.12. The molecule has 0 radical (unpaired) electrons. The Kier molecular flexibility index (Phi) is 4.76. The third kappa shape index (κ3) is 4.91. The maximum atomic E-state index is 12.0. The Morgan fingerprint density at radius 2 is 2.24 bits per heavy atom. The van der Waals surface area contributed by atoms with Gasteiger partial charge in [-0.25, -0.2) is 4.98 Å². The van der Waals surface area contributed by atoms with Crippen molar-refractivity contribution in [3.63, 3.8) is 0 Å². The molecule has 8 heteroatoms. The van der Waals surface area contributed by atoms with Crippen molar-refractivity contribution < 1.29 is 18.0 Å². The molecule has 17 heavy (non-hydrogen) atoms. The number of aromatic nitrogens is 1. The Hall–Kier alpha value is -0.820. The van der Waals surface area contributed by atoms with Gasteiger partial charge in [0.25, 0.3) is 0 Å². The van der Waals surface area contributed by atoms with Crippen molar-refractivity contribution >= 4 is 28.8 Å². The smallest absolute Gasteiger partial charge is 0.336 e. The van der Waals surface area contributed by atoms with E-state index in [4.69, 9.17) is 11.6 Å². The topological polar surface area (TPSA) is 33.2 Å². The summed E-state index contributed by atoms with van der Waals surface area (Å²) in [5.74, 6) is -0.388. The molecule has 0 unspecified atom stereocenters. The van der Waals surface area contributed by atoms with E-state index in [-0.39, 0.29) is 12.3 Å². The third-order valence-electron chi connectivity index (χ3n) is 1.88. The van der Waals surface area contributed by atoms with E-state index in [0.717, 1.165) is 7.05 Å². The van der Waals surface area contributed by atoms with Gasteiger partial charge in [-0.15, -0.1) is 22.9 Å². The molecule has 0 spiro atoms. The van der Waals surface area contributed by atoms with Gasteiger partial charge < -0.3 is 4.90 Å². The van der Waals surface area contributed by atoms with Crippen LogP contribution in [0.15, 0.2) is 5.38 Å². The summed E-state index contributed by atoms with van der Waals surface area (Å²) < 4.78 is 36.1. The predicted octanol–water partition coefficient (Wildman–Crippen LogP) is 2.45. The maximum absolute atomic E-state index is 12.0.